The van der Waals surface area contributed by atoms with Gasteiger partial charge in [0.25, 0.3) is 5.92 Å². The second kappa shape index (κ2) is 22.7. The van der Waals surface area contributed by atoms with Gasteiger partial charge in [-0.3, -0.25) is 9.78 Å². The van der Waals surface area contributed by atoms with Gasteiger partial charge in [0, 0.05) is 60.7 Å². The maximum absolute atomic E-state index is 12.7. The van der Waals surface area contributed by atoms with Crippen molar-refractivity contribution in [3.63, 3.8) is 0 Å². The first kappa shape index (κ1) is 45.8. The topological polar surface area (TPSA) is 114 Å². The number of amidine groups is 1. The minimum absolute atomic E-state index is 0.119. The van der Waals surface area contributed by atoms with Gasteiger partial charge in [0.1, 0.15) is 17.4 Å². The van der Waals surface area contributed by atoms with Crippen molar-refractivity contribution in [2.45, 2.75) is 133 Å². The third kappa shape index (κ3) is 14.4. The number of alkyl halides is 2. The van der Waals surface area contributed by atoms with Crippen LogP contribution in [0, 0.1) is 24.7 Å². The molecule has 0 saturated heterocycles. The fraction of sp³-hybridized carbons (Fsp3) is 0.548. The van der Waals surface area contributed by atoms with Crippen molar-refractivity contribution in [2.75, 3.05) is 5.32 Å². The van der Waals surface area contributed by atoms with Crippen LogP contribution in [0.15, 0.2) is 66.0 Å². The molecule has 0 aromatic carbocycles. The summed E-state index contributed by atoms with van der Waals surface area (Å²) >= 11 is 0. The Morgan fingerprint density at radius 2 is 1.75 bits per heavy atom. The highest BCUT2D eigenvalue weighted by atomic mass is 19.3. The van der Waals surface area contributed by atoms with E-state index in [9.17, 15) is 18.4 Å². The van der Waals surface area contributed by atoms with Gasteiger partial charge >= 0.3 is 0 Å². The van der Waals surface area contributed by atoms with Crippen LogP contribution in [-0.4, -0.2) is 32.9 Å². The van der Waals surface area contributed by atoms with E-state index in [-0.39, 0.29) is 17.2 Å². The number of pyridine rings is 2. The maximum Gasteiger partial charge on any atom is 0.270 e. The SMILES string of the molecule is C=C(C(CCCC)CC(C)CC)N1C=CN=C(N)/C1=C(\c1cnc(C)cc1C(C)C)C(C)CC.CC(F)(F)c1ccnc(NC=O)c1.CCC(C)=O. The van der Waals surface area contributed by atoms with Crippen molar-refractivity contribution in [2.24, 2.45) is 28.5 Å². The standard InChI is InChI=1S/C30H48N4.C8H8F2N2O.C4H8O/c1-10-13-14-25(17-21(6)11-2)24(9)34-16-15-32-30(31)29(34)28(22(7)12-3)27-19-33-23(8)18-26(27)20(4)5;1-8(9,10)6-2-3-11-7(4-6)12-5-13;1-3-4(2)5/h15-16,18-22,25H,9-14,17H2,1-8H3,(H2,31,32);2-5H,1H3,(H,11,12,13);3H2,1-2H3/b29-28+;;. The Balaban J connectivity index is 0.000000614. The number of carbonyl (C=O) groups is 2. The predicted molar refractivity (Wildman–Crippen MR) is 213 cm³/mol. The molecule has 3 heterocycles. The van der Waals surface area contributed by atoms with Gasteiger partial charge in [-0.2, -0.15) is 0 Å². The lowest BCUT2D eigenvalue weighted by Gasteiger charge is -2.36. The monoisotopic (exact) mass is 723 g/mol. The molecule has 0 aliphatic carbocycles. The quantitative estimate of drug-likeness (QED) is 0.167. The number of hydrogen-bond acceptors (Lipinski definition) is 7. The number of aromatic nitrogens is 2. The van der Waals surface area contributed by atoms with Crippen LogP contribution in [-0.2, 0) is 15.5 Å². The van der Waals surface area contributed by atoms with E-state index >= 15 is 0 Å². The molecule has 0 bridgehead atoms. The summed E-state index contributed by atoms with van der Waals surface area (Å²) in [6.45, 7) is 26.8. The zero-order chi connectivity index (χ0) is 39.6. The van der Waals surface area contributed by atoms with Crippen molar-refractivity contribution in [3.05, 3.63) is 83.3 Å². The summed E-state index contributed by atoms with van der Waals surface area (Å²) in [5.41, 5.74) is 13.4. The molecule has 2 aromatic rings. The van der Waals surface area contributed by atoms with Gasteiger partial charge in [0.05, 0.1) is 5.70 Å². The third-order valence-corrected chi connectivity index (χ3v) is 9.30. The number of unbranched alkanes of at least 4 members (excludes halogenated alkanes) is 1. The Morgan fingerprint density at radius 1 is 1.10 bits per heavy atom. The fourth-order valence-corrected chi connectivity index (χ4v) is 5.62. The van der Waals surface area contributed by atoms with E-state index in [1.54, 1.807) is 6.92 Å². The number of nitrogens with two attached hydrogens (primary N) is 1. The summed E-state index contributed by atoms with van der Waals surface area (Å²) in [5, 5.41) is 2.19. The molecule has 3 N–H and O–H groups in total. The summed E-state index contributed by atoms with van der Waals surface area (Å²) in [5.74, 6) is -0.217. The number of ketones is 1. The molecule has 3 rings (SSSR count). The molecular formula is C42H64F2N6O2. The zero-order valence-electron chi connectivity index (χ0n) is 33.5. The second-order valence-electron chi connectivity index (χ2n) is 14.0. The Labute approximate surface area is 312 Å². The molecule has 1 aliphatic heterocycles. The largest absolute Gasteiger partial charge is 0.382 e. The number of Topliss-reactive ketones (excluding diaryl/α,β-unsaturated/α-hetero) is 1. The van der Waals surface area contributed by atoms with Crippen LogP contribution in [0.2, 0.25) is 0 Å². The smallest absolute Gasteiger partial charge is 0.270 e. The van der Waals surface area contributed by atoms with Crippen molar-refractivity contribution >= 4 is 29.4 Å². The number of carbonyl (C=O) groups excluding carboxylic acids is 2. The summed E-state index contributed by atoms with van der Waals surface area (Å²) in [4.78, 5) is 35.0. The number of anilines is 1. The number of hydrogen-bond donors (Lipinski definition) is 2. The van der Waals surface area contributed by atoms with Crippen molar-refractivity contribution in [3.8, 4) is 0 Å². The molecule has 1 amide bonds. The zero-order valence-corrected chi connectivity index (χ0v) is 33.5. The first-order valence-electron chi connectivity index (χ1n) is 18.7. The fourth-order valence-electron chi connectivity index (χ4n) is 5.62. The molecule has 10 heteroatoms. The average molecular weight is 723 g/mol. The number of nitrogens with one attached hydrogen (secondary N) is 1. The van der Waals surface area contributed by atoms with E-state index in [4.69, 9.17) is 10.7 Å². The lowest BCUT2D eigenvalue weighted by molar-refractivity contribution is -0.116. The number of rotatable bonds is 16. The van der Waals surface area contributed by atoms with E-state index in [1.165, 1.54) is 48.2 Å². The lowest BCUT2D eigenvalue weighted by atomic mass is 9.83. The third-order valence-electron chi connectivity index (χ3n) is 9.30. The van der Waals surface area contributed by atoms with Crippen LogP contribution in [0.5, 0.6) is 0 Å². The molecular weight excluding hydrogens is 658 g/mol. The summed E-state index contributed by atoms with van der Waals surface area (Å²) in [6, 6.07) is 4.56. The highest BCUT2D eigenvalue weighted by Gasteiger charge is 2.30. The molecule has 3 unspecified atom stereocenters. The molecule has 52 heavy (non-hydrogen) atoms. The van der Waals surface area contributed by atoms with E-state index in [0.717, 1.165) is 49.3 Å². The van der Waals surface area contributed by atoms with Crippen LogP contribution in [0.4, 0.5) is 14.6 Å². The molecule has 288 valence electrons. The maximum atomic E-state index is 12.7. The van der Waals surface area contributed by atoms with Gasteiger partial charge < -0.3 is 20.7 Å². The Bertz CT molecular complexity index is 1540. The molecule has 0 radical (unpaired) electrons. The highest BCUT2D eigenvalue weighted by molar-refractivity contribution is 6.05. The van der Waals surface area contributed by atoms with Gasteiger partial charge in [-0.25, -0.2) is 18.8 Å². The number of allylic oxidation sites excluding steroid dienone is 2. The van der Waals surface area contributed by atoms with E-state index < -0.39 is 5.92 Å². The molecule has 0 spiro atoms. The van der Waals surface area contributed by atoms with Gasteiger partial charge in [-0.15, -0.1) is 0 Å². The highest BCUT2D eigenvalue weighted by Crippen LogP contribution is 2.39. The molecule has 0 saturated carbocycles. The number of aryl methyl sites for hydroxylation is 1. The summed E-state index contributed by atoms with van der Waals surface area (Å²) in [7, 11) is 0. The average Bonchev–Trinajstić information content (AvgIpc) is 3.11. The molecule has 1 aliphatic rings. The van der Waals surface area contributed by atoms with Crippen LogP contribution in [0.1, 0.15) is 142 Å². The van der Waals surface area contributed by atoms with Crippen LogP contribution in [0.3, 0.4) is 0 Å². The van der Waals surface area contributed by atoms with E-state index in [2.05, 4.69) is 94.4 Å². The van der Waals surface area contributed by atoms with Crippen LogP contribution >= 0.6 is 0 Å². The second-order valence-corrected chi connectivity index (χ2v) is 14.0. The molecule has 3 atom stereocenters. The normalized spacial score (nSPS) is 15.3. The lowest BCUT2D eigenvalue weighted by Crippen LogP contribution is -2.34. The summed E-state index contributed by atoms with van der Waals surface area (Å²) in [6.07, 6.45) is 15.1. The Morgan fingerprint density at radius 3 is 2.27 bits per heavy atom. The van der Waals surface area contributed by atoms with Crippen molar-refractivity contribution in [1.29, 1.82) is 0 Å². The number of aliphatic imine (C=N–C) groups is 1. The van der Waals surface area contributed by atoms with E-state index in [1.807, 2.05) is 19.3 Å². The number of nitrogens with zero attached hydrogens (tertiary/aromatic N) is 4. The van der Waals surface area contributed by atoms with Gasteiger partial charge in [-0.05, 0) is 86.1 Å². The number of amides is 1. The van der Waals surface area contributed by atoms with Gasteiger partial charge in [0.2, 0.25) is 6.41 Å². The van der Waals surface area contributed by atoms with Gasteiger partial charge in [0.15, 0.2) is 0 Å². The summed E-state index contributed by atoms with van der Waals surface area (Å²) < 4.78 is 25.5. The Hall–Kier alpha value is -4.21. The predicted octanol–water partition coefficient (Wildman–Crippen LogP) is 10.9. The molecule has 8 nitrogen and oxygen atoms in total. The molecule has 2 aromatic heterocycles. The van der Waals surface area contributed by atoms with Crippen molar-refractivity contribution in [1.82, 2.24) is 14.9 Å². The van der Waals surface area contributed by atoms with Crippen molar-refractivity contribution < 1.29 is 18.4 Å². The number of halogens is 2. The molecule has 0 fully saturated rings. The first-order valence-corrected chi connectivity index (χ1v) is 18.7. The van der Waals surface area contributed by atoms with E-state index in [0.29, 0.717) is 42.3 Å². The van der Waals surface area contributed by atoms with Crippen LogP contribution < -0.4 is 11.1 Å². The minimum Gasteiger partial charge on any atom is -0.382 e. The Kier molecular flexibility index (Phi) is 20.0. The minimum atomic E-state index is -2.91. The van der Waals surface area contributed by atoms with Gasteiger partial charge in [-0.1, -0.05) is 81.2 Å². The first-order chi connectivity index (χ1) is 24.5. The van der Waals surface area contributed by atoms with Crippen LogP contribution in [0.25, 0.3) is 5.57 Å².